The fraction of sp³-hybridized carbons (Fsp3) is 0.389. The minimum Gasteiger partial charge on any atom is -0.491 e. The Bertz CT molecular complexity index is 768. The molecule has 0 unspecified atom stereocenters. The van der Waals surface area contributed by atoms with Gasteiger partial charge >= 0.3 is 12.1 Å². The van der Waals surface area contributed by atoms with E-state index in [4.69, 9.17) is 14.2 Å². The number of fused-ring (bicyclic) bond motifs is 1. The molecule has 0 aliphatic rings. The van der Waals surface area contributed by atoms with Crippen molar-refractivity contribution in [1.29, 1.82) is 0 Å². The molecule has 0 aliphatic carbocycles. The maximum absolute atomic E-state index is 11.7. The lowest BCUT2D eigenvalue weighted by Gasteiger charge is -2.19. The number of methoxy groups -OCH3 is 1. The van der Waals surface area contributed by atoms with Crippen LogP contribution in [0.4, 0.5) is 4.79 Å². The summed E-state index contributed by atoms with van der Waals surface area (Å²) in [6.45, 7) is 5.86. The van der Waals surface area contributed by atoms with Crippen LogP contribution in [0.5, 0.6) is 5.75 Å². The molecule has 7 nitrogen and oxygen atoms in total. The first kappa shape index (κ1) is 18.5. The smallest absolute Gasteiger partial charge is 0.407 e. The van der Waals surface area contributed by atoms with Gasteiger partial charge < -0.3 is 19.5 Å². The molecule has 0 saturated heterocycles. The number of amides is 1. The van der Waals surface area contributed by atoms with Crippen LogP contribution in [0.15, 0.2) is 30.3 Å². The van der Waals surface area contributed by atoms with Crippen LogP contribution >= 0.6 is 0 Å². The second kappa shape index (κ2) is 7.83. The van der Waals surface area contributed by atoms with Crippen LogP contribution in [0.3, 0.4) is 0 Å². The highest BCUT2D eigenvalue weighted by atomic mass is 16.6. The molecule has 0 atom stereocenters. The molecule has 0 spiro atoms. The standard InChI is InChI=1S/C18H22N2O5/c1-18(2,3)25-17(22)19-9-10-24-15-11-14(16(21)23-4)20-13-8-6-5-7-12(13)15/h5-8,11H,9-10H2,1-4H3,(H,19,22). The number of nitrogens with zero attached hydrogens (tertiary/aromatic N) is 1. The van der Waals surface area contributed by atoms with Crippen LogP contribution in [0.1, 0.15) is 31.3 Å². The van der Waals surface area contributed by atoms with E-state index in [-0.39, 0.29) is 18.8 Å². The topological polar surface area (TPSA) is 86.8 Å². The van der Waals surface area contributed by atoms with E-state index in [0.29, 0.717) is 11.3 Å². The van der Waals surface area contributed by atoms with Gasteiger partial charge in [-0.3, -0.25) is 0 Å². The fourth-order valence-electron chi connectivity index (χ4n) is 2.10. The third-order valence-corrected chi connectivity index (χ3v) is 3.10. The van der Waals surface area contributed by atoms with Crippen molar-refractivity contribution in [2.45, 2.75) is 26.4 Å². The Morgan fingerprint density at radius 3 is 2.60 bits per heavy atom. The summed E-state index contributed by atoms with van der Waals surface area (Å²) in [4.78, 5) is 27.6. The van der Waals surface area contributed by atoms with Gasteiger partial charge in [0.25, 0.3) is 0 Å². The first-order valence-electron chi connectivity index (χ1n) is 7.88. The molecule has 1 aromatic carbocycles. The monoisotopic (exact) mass is 346 g/mol. The number of benzene rings is 1. The maximum atomic E-state index is 11.7. The first-order chi connectivity index (χ1) is 11.8. The number of carbonyl (C=O) groups excluding carboxylic acids is 2. The van der Waals surface area contributed by atoms with E-state index in [0.717, 1.165) is 5.39 Å². The summed E-state index contributed by atoms with van der Waals surface area (Å²) < 4.78 is 15.6. The highest BCUT2D eigenvalue weighted by Gasteiger charge is 2.16. The number of para-hydroxylation sites is 1. The zero-order valence-corrected chi connectivity index (χ0v) is 14.8. The number of nitrogens with one attached hydrogen (secondary N) is 1. The van der Waals surface area contributed by atoms with Gasteiger partial charge in [0, 0.05) is 11.5 Å². The number of rotatable bonds is 5. The zero-order valence-electron chi connectivity index (χ0n) is 14.8. The van der Waals surface area contributed by atoms with Crippen molar-refractivity contribution in [3.05, 3.63) is 36.0 Å². The Hall–Kier alpha value is -2.83. The van der Waals surface area contributed by atoms with Gasteiger partial charge in [-0.05, 0) is 32.9 Å². The number of pyridine rings is 1. The lowest BCUT2D eigenvalue weighted by molar-refractivity contribution is 0.0519. The van der Waals surface area contributed by atoms with Gasteiger partial charge in [-0.25, -0.2) is 14.6 Å². The number of hydrogen-bond acceptors (Lipinski definition) is 6. The van der Waals surface area contributed by atoms with Crippen LogP contribution in [0, 0.1) is 0 Å². The molecule has 134 valence electrons. The molecule has 2 aromatic rings. The number of aromatic nitrogens is 1. The van der Waals surface area contributed by atoms with Crippen molar-refractivity contribution in [2.24, 2.45) is 0 Å². The molecule has 0 bridgehead atoms. The van der Waals surface area contributed by atoms with Crippen molar-refractivity contribution in [3.8, 4) is 5.75 Å². The average Bonchev–Trinajstić information content (AvgIpc) is 2.56. The molecule has 1 aromatic heterocycles. The Labute approximate surface area is 146 Å². The Morgan fingerprint density at radius 1 is 1.20 bits per heavy atom. The Balaban J connectivity index is 2.05. The van der Waals surface area contributed by atoms with Crippen LogP contribution in [-0.4, -0.2) is 42.9 Å². The molecule has 1 amide bonds. The molecule has 0 fully saturated rings. The second-order valence-corrected chi connectivity index (χ2v) is 6.29. The SMILES string of the molecule is COC(=O)c1cc(OCCNC(=O)OC(C)(C)C)c2ccccc2n1. The average molecular weight is 346 g/mol. The van der Waals surface area contributed by atoms with Crippen molar-refractivity contribution >= 4 is 23.0 Å². The van der Waals surface area contributed by atoms with Gasteiger partial charge in [-0.1, -0.05) is 12.1 Å². The van der Waals surface area contributed by atoms with E-state index in [1.165, 1.54) is 13.2 Å². The highest BCUT2D eigenvalue weighted by Crippen LogP contribution is 2.25. The van der Waals surface area contributed by atoms with E-state index in [2.05, 4.69) is 10.3 Å². The molecule has 7 heteroatoms. The normalized spacial score (nSPS) is 11.0. The molecule has 25 heavy (non-hydrogen) atoms. The molecule has 1 N–H and O–H groups in total. The highest BCUT2D eigenvalue weighted by molar-refractivity contribution is 5.94. The summed E-state index contributed by atoms with van der Waals surface area (Å²) in [5.74, 6) is -0.0422. The lowest BCUT2D eigenvalue weighted by atomic mass is 10.2. The summed E-state index contributed by atoms with van der Waals surface area (Å²) >= 11 is 0. The minimum atomic E-state index is -0.554. The fourth-order valence-corrected chi connectivity index (χ4v) is 2.10. The molecule has 0 saturated carbocycles. The van der Waals surface area contributed by atoms with Crippen molar-refractivity contribution in [1.82, 2.24) is 10.3 Å². The van der Waals surface area contributed by atoms with Gasteiger partial charge in [0.15, 0.2) is 5.69 Å². The van der Waals surface area contributed by atoms with E-state index < -0.39 is 17.7 Å². The van der Waals surface area contributed by atoms with Crippen LogP contribution in [0.25, 0.3) is 10.9 Å². The molecule has 2 rings (SSSR count). The Kier molecular flexibility index (Phi) is 5.80. The number of hydrogen-bond donors (Lipinski definition) is 1. The van der Waals surface area contributed by atoms with Crippen molar-refractivity contribution < 1.29 is 23.8 Å². The van der Waals surface area contributed by atoms with E-state index >= 15 is 0 Å². The summed E-state index contributed by atoms with van der Waals surface area (Å²) in [5.41, 5.74) is 0.235. The number of ether oxygens (including phenoxy) is 3. The summed E-state index contributed by atoms with van der Waals surface area (Å²) in [6, 6.07) is 8.84. The van der Waals surface area contributed by atoms with E-state index in [1.54, 1.807) is 26.8 Å². The van der Waals surface area contributed by atoms with Crippen molar-refractivity contribution in [2.75, 3.05) is 20.3 Å². The molecule has 1 heterocycles. The van der Waals surface area contributed by atoms with Crippen LogP contribution < -0.4 is 10.1 Å². The second-order valence-electron chi connectivity index (χ2n) is 6.29. The third-order valence-electron chi connectivity index (χ3n) is 3.10. The van der Waals surface area contributed by atoms with Gasteiger partial charge in [0.05, 0.1) is 19.2 Å². The molecule has 0 aliphatic heterocycles. The predicted molar refractivity (Wildman–Crippen MR) is 92.8 cm³/mol. The predicted octanol–water partition coefficient (Wildman–Crippen LogP) is 2.92. The summed E-state index contributed by atoms with van der Waals surface area (Å²) in [7, 11) is 1.30. The third kappa shape index (κ3) is 5.34. The van der Waals surface area contributed by atoms with Gasteiger partial charge in [-0.2, -0.15) is 0 Å². The molecular formula is C18H22N2O5. The number of alkyl carbamates (subject to hydrolysis) is 1. The van der Waals surface area contributed by atoms with E-state index in [9.17, 15) is 9.59 Å². The molecular weight excluding hydrogens is 324 g/mol. The number of carbonyl (C=O) groups is 2. The van der Waals surface area contributed by atoms with Crippen LogP contribution in [-0.2, 0) is 9.47 Å². The Morgan fingerprint density at radius 2 is 1.92 bits per heavy atom. The summed E-state index contributed by atoms with van der Waals surface area (Å²) in [5, 5.41) is 3.38. The van der Waals surface area contributed by atoms with Crippen LogP contribution in [0.2, 0.25) is 0 Å². The largest absolute Gasteiger partial charge is 0.491 e. The summed E-state index contributed by atoms with van der Waals surface area (Å²) in [6.07, 6.45) is -0.508. The number of esters is 1. The van der Waals surface area contributed by atoms with Crippen molar-refractivity contribution in [3.63, 3.8) is 0 Å². The van der Waals surface area contributed by atoms with Gasteiger partial charge in [0.1, 0.15) is 18.0 Å². The van der Waals surface area contributed by atoms with E-state index in [1.807, 2.05) is 18.2 Å². The lowest BCUT2D eigenvalue weighted by Crippen LogP contribution is -2.34. The maximum Gasteiger partial charge on any atom is 0.407 e. The first-order valence-corrected chi connectivity index (χ1v) is 7.88. The quantitative estimate of drug-likeness (QED) is 0.662. The minimum absolute atomic E-state index is 0.163. The molecule has 0 radical (unpaired) electrons. The zero-order chi connectivity index (χ0) is 18.4. The van der Waals surface area contributed by atoms with Gasteiger partial charge in [0.2, 0.25) is 0 Å². The van der Waals surface area contributed by atoms with Gasteiger partial charge in [-0.15, -0.1) is 0 Å².